The molecule has 26 aromatic rings. The van der Waals surface area contributed by atoms with Gasteiger partial charge in [-0.2, -0.15) is 0 Å². The molecule has 29 rings (SSSR count). The molecule has 3 aliphatic rings. The van der Waals surface area contributed by atoms with Gasteiger partial charge in [0.1, 0.15) is 0 Å². The molecule has 3 aliphatic carbocycles. The van der Waals surface area contributed by atoms with Crippen molar-refractivity contribution in [2.24, 2.45) is 0 Å². The molecule has 0 N–H and O–H groups in total. The molecule has 0 fully saturated rings. The van der Waals surface area contributed by atoms with Gasteiger partial charge in [-0.25, -0.2) is 0 Å². The Kier molecular flexibility index (Phi) is 21.1. The van der Waals surface area contributed by atoms with Gasteiger partial charge in [-0.1, -0.05) is 431 Å². The zero-order chi connectivity index (χ0) is 97.7. The molecule has 692 valence electrons. The molecule has 0 atom stereocenters. The Morgan fingerprint density at radius 2 is 0.399 bits per heavy atom. The minimum Gasteiger partial charge on any atom is -0.310 e. The van der Waals surface area contributed by atoms with Crippen LogP contribution in [0.3, 0.4) is 0 Å². The third-order valence-corrected chi connectivity index (χ3v) is 31.3. The number of nitrogens with zero attached hydrogens (tertiary/aromatic N) is 4. The molecule has 2 heterocycles. The highest BCUT2D eigenvalue weighted by Gasteiger charge is 2.52. The lowest BCUT2D eigenvalue weighted by Gasteiger charge is -2.35. The van der Waals surface area contributed by atoms with Crippen LogP contribution >= 0.6 is 0 Å². The van der Waals surface area contributed by atoms with Crippen molar-refractivity contribution < 1.29 is 0 Å². The number of para-hydroxylation sites is 3. The summed E-state index contributed by atoms with van der Waals surface area (Å²) in [6, 6.07) is 214. The van der Waals surface area contributed by atoms with Crippen LogP contribution in [0.15, 0.2) is 582 Å². The Hall–Kier alpha value is -19.3. The van der Waals surface area contributed by atoms with E-state index in [1.165, 1.54) is 205 Å². The van der Waals surface area contributed by atoms with Crippen LogP contribution in [0.5, 0.6) is 0 Å². The van der Waals surface area contributed by atoms with Crippen LogP contribution < -0.4 is 9.80 Å². The summed E-state index contributed by atoms with van der Waals surface area (Å²) in [4.78, 5) is 4.84. The van der Waals surface area contributed by atoms with Crippen molar-refractivity contribution in [2.45, 2.75) is 10.8 Å². The van der Waals surface area contributed by atoms with Crippen LogP contribution in [-0.4, -0.2) is 9.13 Å². The van der Waals surface area contributed by atoms with E-state index in [0.717, 1.165) is 51.1 Å². The Bertz CT molecular complexity index is 9500. The molecule has 1 spiro atoms. The van der Waals surface area contributed by atoms with Crippen LogP contribution in [0.25, 0.3) is 177 Å². The van der Waals surface area contributed by atoms with Crippen molar-refractivity contribution in [3.8, 4) is 123 Å². The molecule has 0 saturated heterocycles. The van der Waals surface area contributed by atoms with Gasteiger partial charge < -0.3 is 18.9 Å². The third-order valence-electron chi connectivity index (χ3n) is 31.3. The van der Waals surface area contributed by atoms with Gasteiger partial charge >= 0.3 is 0 Å². The summed E-state index contributed by atoms with van der Waals surface area (Å²) in [7, 11) is 0. The van der Waals surface area contributed by atoms with Gasteiger partial charge in [-0.3, -0.25) is 0 Å². The predicted molar refractivity (Wildman–Crippen MR) is 620 cm³/mol. The molecule has 0 saturated carbocycles. The first-order valence-corrected chi connectivity index (χ1v) is 51.2. The first-order valence-electron chi connectivity index (χ1n) is 51.2. The van der Waals surface area contributed by atoms with Gasteiger partial charge in [0.2, 0.25) is 0 Å². The number of aromatic nitrogens is 2. The molecule has 24 aromatic carbocycles. The standard InChI is InChI=1S/C77H52N2.C67H44N2/c1-4-17-53(18-5-1)55-33-44-67(45-34-55)79-75-30-15-13-28-71(75)72-51-62(39-48-76(72)79)60-22-16-21-59(49-60)56-35-40-65(41-36-56)78(66-42-37-57(38-43-66)61-32-31-54-19-10-11-20-58(54)50-61)68-46-47-70-69-27-12-14-29-73(69)77(74(70)52-68,63-23-6-2-7-24-63)64-25-8-3-9-26-64;1-3-16-45(17-4-1)46-30-37-53(38-31-46)69-65-29-14-10-25-59(65)60-43-50(34-41-66(60)69)49-19-15-18-48(42-49)47-32-35-52(36-33-47)68(51-20-5-2-6-21-51)54-39-40-58-57-24-9-13-28-63(57)67(64(58)44-54)61-26-11-7-22-55(61)56-23-8-12-27-62(56)67/h1-52H;1-44H. The van der Waals surface area contributed by atoms with E-state index in [2.05, 4.69) is 601 Å². The first-order chi connectivity index (χ1) is 73.4. The monoisotopic (exact) mass is 1880 g/mol. The second kappa shape index (κ2) is 36.0. The SMILES string of the molecule is c1ccc(-c2ccc(-n3c4ccccc4c4cc(-c5cccc(-c6ccc(N(c7ccc(-c8ccc9ccccc9c8)cc7)c7ccc8c(c7)C(c7ccccc7)(c7ccccc7)c7ccccc7-8)cc6)c5)ccc43)cc2)cc1.c1ccc(-c2ccc(-n3c4ccccc4c4cc(-c5cccc(-c6ccc(N(c7ccccc7)c7ccc8c(c7)C7(c9ccccc9-c9ccccc97)c7ccccc7-8)cc6)c5)ccc43)cc2)cc1. The maximum atomic E-state index is 2.47. The average Bonchev–Trinajstić information content (AvgIpc) is 1.50. The second-order valence-corrected chi connectivity index (χ2v) is 39.2. The van der Waals surface area contributed by atoms with Crippen LogP contribution in [-0.2, 0) is 10.8 Å². The van der Waals surface area contributed by atoms with E-state index in [1.54, 1.807) is 0 Å². The number of fused-ring (bicyclic) bond motifs is 20. The van der Waals surface area contributed by atoms with Crippen molar-refractivity contribution in [2.75, 3.05) is 9.80 Å². The molecule has 0 aliphatic heterocycles. The Morgan fingerprint density at radius 3 is 0.818 bits per heavy atom. The van der Waals surface area contributed by atoms with E-state index in [9.17, 15) is 0 Å². The van der Waals surface area contributed by atoms with Crippen LogP contribution in [0.2, 0.25) is 0 Å². The second-order valence-electron chi connectivity index (χ2n) is 39.2. The molecule has 0 bridgehead atoms. The van der Waals surface area contributed by atoms with E-state index in [1.807, 2.05) is 0 Å². The third kappa shape index (κ3) is 14.4. The van der Waals surface area contributed by atoms with E-state index < -0.39 is 10.8 Å². The normalized spacial score (nSPS) is 12.6. The minimum atomic E-state index is -0.526. The van der Waals surface area contributed by atoms with Gasteiger partial charge in [0, 0.05) is 67.0 Å². The van der Waals surface area contributed by atoms with Gasteiger partial charge in [-0.15, -0.1) is 0 Å². The van der Waals surface area contributed by atoms with E-state index >= 15 is 0 Å². The summed E-state index contributed by atoms with van der Waals surface area (Å²) in [6.45, 7) is 0. The zero-order valence-corrected chi connectivity index (χ0v) is 81.2. The lowest BCUT2D eigenvalue weighted by molar-refractivity contribution is 0.768. The highest BCUT2D eigenvalue weighted by atomic mass is 15.1. The van der Waals surface area contributed by atoms with Crippen LogP contribution in [0, 0.1) is 0 Å². The molecule has 0 unspecified atom stereocenters. The lowest BCUT2D eigenvalue weighted by atomic mass is 9.67. The van der Waals surface area contributed by atoms with Gasteiger partial charge in [0.15, 0.2) is 0 Å². The maximum Gasteiger partial charge on any atom is 0.0726 e. The Labute approximate surface area is 861 Å². The average molecular weight is 1880 g/mol. The molecule has 2 aromatic heterocycles. The molecule has 4 heteroatoms. The molecule has 148 heavy (non-hydrogen) atoms. The van der Waals surface area contributed by atoms with Crippen LogP contribution in [0.4, 0.5) is 34.1 Å². The number of anilines is 6. The summed E-state index contributed by atoms with van der Waals surface area (Å²) < 4.78 is 4.79. The highest BCUT2D eigenvalue weighted by molar-refractivity contribution is 6.12. The van der Waals surface area contributed by atoms with Gasteiger partial charge in [0.05, 0.1) is 32.9 Å². The molecule has 4 nitrogen and oxygen atoms in total. The minimum absolute atomic E-state index is 0.414. The van der Waals surface area contributed by atoms with E-state index in [-0.39, 0.29) is 0 Å². The van der Waals surface area contributed by atoms with Gasteiger partial charge in [0.25, 0.3) is 0 Å². The number of rotatable bonds is 17. The Balaban J connectivity index is 0.000000144. The van der Waals surface area contributed by atoms with Crippen molar-refractivity contribution >= 4 is 88.5 Å². The van der Waals surface area contributed by atoms with Crippen LogP contribution in [0.1, 0.15) is 44.5 Å². The summed E-state index contributed by atoms with van der Waals surface area (Å²) in [5, 5.41) is 7.45. The van der Waals surface area contributed by atoms with Crippen molar-refractivity contribution in [3.63, 3.8) is 0 Å². The quantitative estimate of drug-likeness (QED) is 0.0903. The largest absolute Gasteiger partial charge is 0.310 e. The van der Waals surface area contributed by atoms with Gasteiger partial charge in [-0.05, 0) is 318 Å². The van der Waals surface area contributed by atoms with Crippen molar-refractivity contribution in [1.82, 2.24) is 9.13 Å². The summed E-state index contributed by atoms with van der Waals surface area (Å²) in [5.41, 5.74) is 47.7. The summed E-state index contributed by atoms with van der Waals surface area (Å²) in [5.74, 6) is 0. The molecular weight excluding hydrogens is 1790 g/mol. The fourth-order valence-corrected chi connectivity index (χ4v) is 24.5. The van der Waals surface area contributed by atoms with Crippen molar-refractivity contribution in [3.05, 3.63) is 627 Å². The summed E-state index contributed by atoms with van der Waals surface area (Å²) in [6.07, 6.45) is 0. The number of benzene rings is 24. The number of hydrogen-bond donors (Lipinski definition) is 0. The predicted octanol–water partition coefficient (Wildman–Crippen LogP) is 38.0. The first kappa shape index (κ1) is 86.6. The van der Waals surface area contributed by atoms with E-state index in [0.29, 0.717) is 0 Å². The van der Waals surface area contributed by atoms with E-state index in [4.69, 9.17) is 0 Å². The molecular formula is C144H96N4. The lowest BCUT2D eigenvalue weighted by Crippen LogP contribution is -2.28. The Morgan fingerprint density at radius 1 is 0.135 bits per heavy atom. The highest BCUT2D eigenvalue weighted by Crippen LogP contribution is 2.64. The summed E-state index contributed by atoms with van der Waals surface area (Å²) >= 11 is 0. The molecule has 0 radical (unpaired) electrons. The topological polar surface area (TPSA) is 16.3 Å². The fourth-order valence-electron chi connectivity index (χ4n) is 24.5. The number of hydrogen-bond acceptors (Lipinski definition) is 2. The molecule has 0 amide bonds. The van der Waals surface area contributed by atoms with Crippen molar-refractivity contribution in [1.29, 1.82) is 0 Å². The maximum absolute atomic E-state index is 2.47. The zero-order valence-electron chi connectivity index (χ0n) is 81.2. The smallest absolute Gasteiger partial charge is 0.0726 e. The fraction of sp³-hybridized carbons (Fsp3) is 0.0139.